The molecule has 0 aliphatic rings. The zero-order chi connectivity index (χ0) is 10.4. The van der Waals surface area contributed by atoms with E-state index >= 15 is 0 Å². The molecule has 0 aromatic heterocycles. The van der Waals surface area contributed by atoms with Crippen molar-refractivity contribution in [1.29, 1.82) is 0 Å². The fourth-order valence-electron chi connectivity index (χ4n) is 0.947. The first-order valence-electron chi connectivity index (χ1n) is 4.39. The monoisotopic (exact) mass is 234 g/mol. The van der Waals surface area contributed by atoms with Gasteiger partial charge < -0.3 is 9.47 Å². The van der Waals surface area contributed by atoms with Gasteiger partial charge in [-0.25, -0.2) is 0 Å². The van der Waals surface area contributed by atoms with Crippen LogP contribution in [0, 0.1) is 0 Å². The van der Waals surface area contributed by atoms with Crippen LogP contribution >= 0.6 is 23.2 Å². The van der Waals surface area contributed by atoms with Crippen LogP contribution in [0.2, 0.25) is 10.0 Å². The van der Waals surface area contributed by atoms with E-state index in [1.807, 2.05) is 6.92 Å². The molecular weight excluding hydrogens is 223 g/mol. The SMILES string of the molecule is CCOCCOc1ccc(Cl)cc1Cl. The van der Waals surface area contributed by atoms with E-state index in [2.05, 4.69) is 0 Å². The summed E-state index contributed by atoms with van der Waals surface area (Å²) >= 11 is 11.6. The summed E-state index contributed by atoms with van der Waals surface area (Å²) in [5, 5.41) is 1.13. The molecule has 0 bridgehead atoms. The van der Waals surface area contributed by atoms with Crippen molar-refractivity contribution in [2.24, 2.45) is 0 Å². The molecule has 0 heterocycles. The van der Waals surface area contributed by atoms with E-state index in [0.29, 0.717) is 35.6 Å². The van der Waals surface area contributed by atoms with E-state index in [0.717, 1.165) is 0 Å². The maximum absolute atomic E-state index is 5.89. The molecule has 0 radical (unpaired) electrons. The molecule has 0 amide bonds. The molecule has 4 heteroatoms. The minimum atomic E-state index is 0.495. The number of halogens is 2. The fourth-order valence-corrected chi connectivity index (χ4v) is 1.41. The predicted molar refractivity (Wildman–Crippen MR) is 58.5 cm³/mol. The second-order valence-electron chi connectivity index (χ2n) is 2.62. The Morgan fingerprint density at radius 3 is 2.64 bits per heavy atom. The van der Waals surface area contributed by atoms with Crippen molar-refractivity contribution in [3.05, 3.63) is 28.2 Å². The summed E-state index contributed by atoms with van der Waals surface area (Å²) in [6.07, 6.45) is 0. The van der Waals surface area contributed by atoms with Gasteiger partial charge in [0.2, 0.25) is 0 Å². The van der Waals surface area contributed by atoms with Gasteiger partial charge in [-0.15, -0.1) is 0 Å². The minimum absolute atomic E-state index is 0.495. The molecule has 0 saturated heterocycles. The number of ether oxygens (including phenoxy) is 2. The first-order valence-corrected chi connectivity index (χ1v) is 5.15. The lowest BCUT2D eigenvalue weighted by Gasteiger charge is -2.07. The van der Waals surface area contributed by atoms with Crippen molar-refractivity contribution in [3.63, 3.8) is 0 Å². The van der Waals surface area contributed by atoms with Gasteiger partial charge in [0, 0.05) is 11.6 Å². The highest BCUT2D eigenvalue weighted by Gasteiger charge is 2.01. The molecule has 1 aromatic carbocycles. The van der Waals surface area contributed by atoms with Gasteiger partial charge in [-0.1, -0.05) is 23.2 Å². The smallest absolute Gasteiger partial charge is 0.138 e. The first kappa shape index (κ1) is 11.6. The van der Waals surface area contributed by atoms with Crippen LogP contribution in [-0.2, 0) is 4.74 Å². The lowest BCUT2D eigenvalue weighted by Crippen LogP contribution is -2.06. The third-order valence-corrected chi connectivity index (χ3v) is 2.11. The Morgan fingerprint density at radius 2 is 2.00 bits per heavy atom. The summed E-state index contributed by atoms with van der Waals surface area (Å²) in [7, 11) is 0. The molecule has 2 nitrogen and oxygen atoms in total. The van der Waals surface area contributed by atoms with Gasteiger partial charge in [0.05, 0.1) is 11.6 Å². The number of hydrogen-bond acceptors (Lipinski definition) is 2. The van der Waals surface area contributed by atoms with E-state index in [9.17, 15) is 0 Å². The van der Waals surface area contributed by atoms with Gasteiger partial charge in [-0.05, 0) is 25.1 Å². The quantitative estimate of drug-likeness (QED) is 0.728. The maximum atomic E-state index is 5.89. The van der Waals surface area contributed by atoms with Gasteiger partial charge >= 0.3 is 0 Å². The van der Waals surface area contributed by atoms with Crippen LogP contribution in [0.5, 0.6) is 5.75 Å². The van der Waals surface area contributed by atoms with Crippen molar-refractivity contribution >= 4 is 23.2 Å². The number of hydrogen-bond donors (Lipinski definition) is 0. The molecule has 0 spiro atoms. The highest BCUT2D eigenvalue weighted by Crippen LogP contribution is 2.27. The van der Waals surface area contributed by atoms with Crippen molar-refractivity contribution in [3.8, 4) is 5.75 Å². The fraction of sp³-hybridized carbons (Fsp3) is 0.400. The Morgan fingerprint density at radius 1 is 1.21 bits per heavy atom. The Labute approximate surface area is 93.7 Å². The molecular formula is C10H12Cl2O2. The van der Waals surface area contributed by atoms with Crippen LogP contribution in [0.4, 0.5) is 0 Å². The predicted octanol–water partition coefficient (Wildman–Crippen LogP) is 3.41. The molecule has 0 atom stereocenters. The summed E-state index contributed by atoms with van der Waals surface area (Å²) in [4.78, 5) is 0. The largest absolute Gasteiger partial charge is 0.490 e. The average molecular weight is 235 g/mol. The van der Waals surface area contributed by atoms with Gasteiger partial charge in [0.1, 0.15) is 12.4 Å². The second kappa shape index (κ2) is 6.12. The molecule has 14 heavy (non-hydrogen) atoms. The van der Waals surface area contributed by atoms with Gasteiger partial charge in [-0.2, -0.15) is 0 Å². The Balaban J connectivity index is 2.42. The van der Waals surface area contributed by atoms with Crippen LogP contribution in [-0.4, -0.2) is 19.8 Å². The van der Waals surface area contributed by atoms with Gasteiger partial charge in [0.15, 0.2) is 0 Å². The molecule has 78 valence electrons. The molecule has 0 saturated carbocycles. The van der Waals surface area contributed by atoms with E-state index in [-0.39, 0.29) is 0 Å². The van der Waals surface area contributed by atoms with E-state index in [4.69, 9.17) is 32.7 Å². The van der Waals surface area contributed by atoms with Crippen LogP contribution in [0.25, 0.3) is 0 Å². The van der Waals surface area contributed by atoms with Crippen LogP contribution < -0.4 is 4.74 Å². The summed E-state index contributed by atoms with van der Waals surface area (Å²) in [6, 6.07) is 5.14. The average Bonchev–Trinajstić information content (AvgIpc) is 2.15. The Hall–Kier alpha value is -0.440. The normalized spacial score (nSPS) is 10.2. The zero-order valence-corrected chi connectivity index (χ0v) is 9.44. The van der Waals surface area contributed by atoms with Crippen molar-refractivity contribution in [2.75, 3.05) is 19.8 Å². The van der Waals surface area contributed by atoms with E-state index in [1.165, 1.54) is 0 Å². The summed E-state index contributed by atoms with van der Waals surface area (Å²) in [5.74, 6) is 0.635. The lowest BCUT2D eigenvalue weighted by atomic mass is 10.3. The Kier molecular flexibility index (Phi) is 5.09. The molecule has 1 aromatic rings. The third kappa shape index (κ3) is 3.74. The van der Waals surface area contributed by atoms with Crippen LogP contribution in [0.15, 0.2) is 18.2 Å². The minimum Gasteiger partial charge on any atom is -0.490 e. The van der Waals surface area contributed by atoms with Gasteiger partial charge in [-0.3, -0.25) is 0 Å². The summed E-state index contributed by atoms with van der Waals surface area (Å²) < 4.78 is 10.5. The third-order valence-electron chi connectivity index (χ3n) is 1.58. The lowest BCUT2D eigenvalue weighted by molar-refractivity contribution is 0.110. The van der Waals surface area contributed by atoms with Crippen molar-refractivity contribution < 1.29 is 9.47 Å². The summed E-state index contributed by atoms with van der Waals surface area (Å²) in [6.45, 7) is 3.69. The maximum Gasteiger partial charge on any atom is 0.138 e. The standard InChI is InChI=1S/C10H12Cl2O2/c1-2-13-5-6-14-10-4-3-8(11)7-9(10)12/h3-4,7H,2,5-6H2,1H3. The molecule has 0 unspecified atom stereocenters. The van der Waals surface area contributed by atoms with Crippen LogP contribution in [0.1, 0.15) is 6.92 Å². The highest BCUT2D eigenvalue weighted by molar-refractivity contribution is 6.35. The second-order valence-corrected chi connectivity index (χ2v) is 3.46. The van der Waals surface area contributed by atoms with Crippen molar-refractivity contribution in [1.82, 2.24) is 0 Å². The van der Waals surface area contributed by atoms with E-state index < -0.39 is 0 Å². The van der Waals surface area contributed by atoms with Crippen molar-refractivity contribution in [2.45, 2.75) is 6.92 Å². The Bertz CT molecular complexity index is 289. The number of benzene rings is 1. The number of rotatable bonds is 5. The topological polar surface area (TPSA) is 18.5 Å². The molecule has 0 fully saturated rings. The van der Waals surface area contributed by atoms with E-state index in [1.54, 1.807) is 18.2 Å². The molecule has 0 N–H and O–H groups in total. The highest BCUT2D eigenvalue weighted by atomic mass is 35.5. The molecule has 0 aliphatic heterocycles. The summed E-state index contributed by atoms with van der Waals surface area (Å²) in [5.41, 5.74) is 0. The van der Waals surface area contributed by atoms with Gasteiger partial charge in [0.25, 0.3) is 0 Å². The first-order chi connectivity index (χ1) is 6.74. The zero-order valence-electron chi connectivity index (χ0n) is 7.93. The molecule has 0 aliphatic carbocycles. The van der Waals surface area contributed by atoms with Crippen LogP contribution in [0.3, 0.4) is 0 Å². The molecule has 1 rings (SSSR count).